The third-order valence-electron chi connectivity index (χ3n) is 3.54. The van der Waals surface area contributed by atoms with Gasteiger partial charge in [-0.2, -0.15) is 0 Å². The normalized spacial score (nSPS) is 14.4. The van der Waals surface area contributed by atoms with Crippen LogP contribution in [0, 0.1) is 11.7 Å². The van der Waals surface area contributed by atoms with Gasteiger partial charge < -0.3 is 5.32 Å². The topological polar surface area (TPSA) is 12.0 Å². The molecule has 0 saturated carbocycles. The molecule has 0 spiro atoms. The molecule has 0 aliphatic carbocycles. The number of rotatable bonds is 8. The van der Waals surface area contributed by atoms with Crippen LogP contribution in [0.15, 0.2) is 22.7 Å². The fraction of sp³-hybridized carbons (Fsp3) is 0.625. The second-order valence-corrected chi connectivity index (χ2v) is 6.26. The Morgan fingerprint density at radius 3 is 2.68 bits per heavy atom. The number of halogens is 2. The maximum absolute atomic E-state index is 13.8. The Morgan fingerprint density at radius 1 is 1.32 bits per heavy atom. The van der Waals surface area contributed by atoms with E-state index in [2.05, 4.69) is 42.0 Å². The lowest BCUT2D eigenvalue weighted by Gasteiger charge is -2.22. The van der Waals surface area contributed by atoms with Gasteiger partial charge in [0.2, 0.25) is 0 Å². The highest BCUT2D eigenvalue weighted by atomic mass is 79.9. The molecule has 1 aromatic carbocycles. The zero-order chi connectivity index (χ0) is 14.3. The molecule has 0 aliphatic heterocycles. The smallest absolute Gasteiger partial charge is 0.126 e. The molecule has 0 heterocycles. The summed E-state index contributed by atoms with van der Waals surface area (Å²) in [5.41, 5.74) is 0.797. The molecule has 3 heteroatoms. The molecule has 0 fully saturated rings. The van der Waals surface area contributed by atoms with Gasteiger partial charge in [0.05, 0.1) is 0 Å². The van der Waals surface area contributed by atoms with Crippen molar-refractivity contribution in [3.8, 4) is 0 Å². The SMILES string of the molecule is CCCNC(Cc1cc(Br)ccc1F)CC(C)CC. The van der Waals surface area contributed by atoms with E-state index < -0.39 is 0 Å². The van der Waals surface area contributed by atoms with E-state index in [4.69, 9.17) is 0 Å². The van der Waals surface area contributed by atoms with E-state index in [0.29, 0.717) is 12.0 Å². The van der Waals surface area contributed by atoms with Crippen LogP contribution in [0.5, 0.6) is 0 Å². The second kappa shape index (κ2) is 8.70. The third-order valence-corrected chi connectivity index (χ3v) is 4.03. The number of hydrogen-bond acceptors (Lipinski definition) is 1. The first-order valence-electron chi connectivity index (χ1n) is 7.24. The molecule has 0 bridgehead atoms. The average Bonchev–Trinajstić information content (AvgIpc) is 2.39. The van der Waals surface area contributed by atoms with Crippen molar-refractivity contribution in [3.63, 3.8) is 0 Å². The fourth-order valence-electron chi connectivity index (χ4n) is 2.20. The van der Waals surface area contributed by atoms with Crippen molar-refractivity contribution >= 4 is 15.9 Å². The standard InChI is InChI=1S/C16H25BrFN/c1-4-8-19-15(9-12(3)5-2)11-13-10-14(17)6-7-16(13)18/h6-7,10,12,15,19H,4-5,8-9,11H2,1-3H3. The molecule has 0 amide bonds. The first-order chi connectivity index (χ1) is 9.06. The zero-order valence-electron chi connectivity index (χ0n) is 12.2. The highest BCUT2D eigenvalue weighted by Gasteiger charge is 2.14. The quantitative estimate of drug-likeness (QED) is 0.712. The summed E-state index contributed by atoms with van der Waals surface area (Å²) in [4.78, 5) is 0. The van der Waals surface area contributed by atoms with Crippen molar-refractivity contribution in [1.29, 1.82) is 0 Å². The van der Waals surface area contributed by atoms with E-state index in [1.807, 2.05) is 6.07 Å². The van der Waals surface area contributed by atoms with Crippen LogP contribution in [0.3, 0.4) is 0 Å². The molecule has 1 aromatic rings. The van der Waals surface area contributed by atoms with Gasteiger partial charge >= 0.3 is 0 Å². The Hall–Kier alpha value is -0.410. The molecule has 1 nitrogen and oxygen atoms in total. The van der Waals surface area contributed by atoms with E-state index in [1.54, 1.807) is 12.1 Å². The lowest BCUT2D eigenvalue weighted by molar-refractivity contribution is 0.388. The lowest BCUT2D eigenvalue weighted by Crippen LogP contribution is -2.33. The Labute approximate surface area is 125 Å². The average molecular weight is 330 g/mol. The van der Waals surface area contributed by atoms with Crippen LogP contribution in [0.4, 0.5) is 4.39 Å². The van der Waals surface area contributed by atoms with Gasteiger partial charge in [0.1, 0.15) is 5.82 Å². The molecular weight excluding hydrogens is 305 g/mol. The van der Waals surface area contributed by atoms with Gasteiger partial charge in [0, 0.05) is 10.5 Å². The monoisotopic (exact) mass is 329 g/mol. The lowest BCUT2D eigenvalue weighted by atomic mass is 9.94. The molecule has 108 valence electrons. The molecule has 1 rings (SSSR count). The van der Waals surface area contributed by atoms with Crippen molar-refractivity contribution in [2.45, 2.75) is 52.5 Å². The summed E-state index contributed by atoms with van der Waals surface area (Å²) >= 11 is 3.42. The molecule has 0 saturated heterocycles. The molecule has 19 heavy (non-hydrogen) atoms. The summed E-state index contributed by atoms with van der Waals surface area (Å²) in [5, 5.41) is 3.55. The molecule has 0 radical (unpaired) electrons. The van der Waals surface area contributed by atoms with Crippen LogP contribution in [0.2, 0.25) is 0 Å². The molecule has 2 unspecified atom stereocenters. The Morgan fingerprint density at radius 2 is 2.05 bits per heavy atom. The maximum Gasteiger partial charge on any atom is 0.126 e. The van der Waals surface area contributed by atoms with Crippen molar-refractivity contribution in [2.24, 2.45) is 5.92 Å². The molecular formula is C16H25BrFN. The minimum atomic E-state index is -0.101. The summed E-state index contributed by atoms with van der Waals surface area (Å²) in [6, 6.07) is 5.55. The van der Waals surface area contributed by atoms with Crippen molar-refractivity contribution in [3.05, 3.63) is 34.1 Å². The fourth-order valence-corrected chi connectivity index (χ4v) is 2.61. The molecule has 2 atom stereocenters. The van der Waals surface area contributed by atoms with Crippen LogP contribution in [0.1, 0.15) is 45.6 Å². The molecule has 1 N–H and O–H groups in total. The largest absolute Gasteiger partial charge is 0.314 e. The van der Waals surface area contributed by atoms with Gasteiger partial charge in [-0.15, -0.1) is 0 Å². The molecule has 0 aromatic heterocycles. The van der Waals surface area contributed by atoms with Gasteiger partial charge in [-0.05, 0) is 55.5 Å². The highest BCUT2D eigenvalue weighted by Crippen LogP contribution is 2.20. The summed E-state index contributed by atoms with van der Waals surface area (Å²) in [6.45, 7) is 7.63. The second-order valence-electron chi connectivity index (χ2n) is 5.34. The van der Waals surface area contributed by atoms with Gasteiger partial charge in [-0.25, -0.2) is 4.39 Å². The van der Waals surface area contributed by atoms with Crippen LogP contribution in [-0.4, -0.2) is 12.6 Å². The predicted octanol–water partition coefficient (Wildman–Crippen LogP) is 4.94. The maximum atomic E-state index is 13.8. The van der Waals surface area contributed by atoms with E-state index in [0.717, 1.165) is 35.8 Å². The van der Waals surface area contributed by atoms with Gasteiger partial charge in [-0.3, -0.25) is 0 Å². The summed E-state index contributed by atoms with van der Waals surface area (Å²) < 4.78 is 14.8. The predicted molar refractivity (Wildman–Crippen MR) is 84.0 cm³/mol. The van der Waals surface area contributed by atoms with Crippen LogP contribution >= 0.6 is 15.9 Å². The minimum absolute atomic E-state index is 0.101. The zero-order valence-corrected chi connectivity index (χ0v) is 13.8. The first-order valence-corrected chi connectivity index (χ1v) is 8.03. The van der Waals surface area contributed by atoms with Crippen molar-refractivity contribution < 1.29 is 4.39 Å². The Balaban J connectivity index is 2.71. The minimum Gasteiger partial charge on any atom is -0.314 e. The Kier molecular flexibility index (Phi) is 7.62. The number of nitrogens with one attached hydrogen (secondary N) is 1. The van der Waals surface area contributed by atoms with E-state index >= 15 is 0 Å². The van der Waals surface area contributed by atoms with Gasteiger partial charge in [0.15, 0.2) is 0 Å². The van der Waals surface area contributed by atoms with Gasteiger partial charge in [0.25, 0.3) is 0 Å². The first kappa shape index (κ1) is 16.6. The van der Waals surface area contributed by atoms with E-state index in [1.165, 1.54) is 6.42 Å². The number of benzene rings is 1. The molecule has 0 aliphatic rings. The van der Waals surface area contributed by atoms with Gasteiger partial charge in [-0.1, -0.05) is 43.1 Å². The highest BCUT2D eigenvalue weighted by molar-refractivity contribution is 9.10. The summed E-state index contributed by atoms with van der Waals surface area (Å²) in [6.07, 6.45) is 4.14. The Bertz CT molecular complexity index is 381. The van der Waals surface area contributed by atoms with Crippen LogP contribution < -0.4 is 5.32 Å². The van der Waals surface area contributed by atoms with E-state index in [-0.39, 0.29) is 5.82 Å². The van der Waals surface area contributed by atoms with Crippen LogP contribution in [0.25, 0.3) is 0 Å². The van der Waals surface area contributed by atoms with Crippen LogP contribution in [-0.2, 0) is 6.42 Å². The van der Waals surface area contributed by atoms with Crippen molar-refractivity contribution in [2.75, 3.05) is 6.54 Å². The summed E-state index contributed by atoms with van der Waals surface area (Å²) in [5.74, 6) is 0.570. The van der Waals surface area contributed by atoms with E-state index in [9.17, 15) is 4.39 Å². The summed E-state index contributed by atoms with van der Waals surface area (Å²) in [7, 11) is 0. The van der Waals surface area contributed by atoms with Crippen molar-refractivity contribution in [1.82, 2.24) is 5.32 Å². The number of hydrogen-bond donors (Lipinski definition) is 1. The third kappa shape index (κ3) is 6.05.